The van der Waals surface area contributed by atoms with Crippen LogP contribution in [-0.4, -0.2) is 23.3 Å². The van der Waals surface area contributed by atoms with Crippen LogP contribution in [0.1, 0.15) is 43.1 Å². The van der Waals surface area contributed by atoms with E-state index in [-0.39, 0.29) is 30.2 Å². The topological polar surface area (TPSA) is 71.1 Å². The smallest absolute Gasteiger partial charge is 0.251 e. The van der Waals surface area contributed by atoms with Crippen molar-refractivity contribution in [2.75, 3.05) is 11.9 Å². The third-order valence-corrected chi connectivity index (χ3v) is 4.56. The molecule has 0 spiro atoms. The summed E-state index contributed by atoms with van der Waals surface area (Å²) >= 11 is 0. The molecule has 5 nitrogen and oxygen atoms in total. The molecule has 0 fully saturated rings. The molecule has 0 aliphatic heterocycles. The molecule has 1 aromatic heterocycles. The zero-order valence-electron chi connectivity index (χ0n) is 16.5. The third kappa shape index (κ3) is 4.74. The summed E-state index contributed by atoms with van der Waals surface area (Å²) in [6, 6.07) is 17.0. The van der Waals surface area contributed by atoms with Gasteiger partial charge in [-0.2, -0.15) is 0 Å². The highest BCUT2D eigenvalue weighted by atomic mass is 16.2. The van der Waals surface area contributed by atoms with Crippen molar-refractivity contribution in [3.05, 3.63) is 71.9 Å². The SMILES string of the molecule is CC(C)(C)c1ccc(C(=O)NCCC(=O)Nc2cccc3cccnc23)cc1. The molecule has 2 N–H and O–H groups in total. The summed E-state index contributed by atoms with van der Waals surface area (Å²) in [5, 5.41) is 6.63. The Labute approximate surface area is 165 Å². The van der Waals surface area contributed by atoms with Gasteiger partial charge in [0.15, 0.2) is 0 Å². The molecular weight excluding hydrogens is 350 g/mol. The van der Waals surface area contributed by atoms with Gasteiger partial charge in [0.2, 0.25) is 5.91 Å². The maximum absolute atomic E-state index is 12.3. The fourth-order valence-corrected chi connectivity index (χ4v) is 2.93. The van der Waals surface area contributed by atoms with E-state index in [1.54, 1.807) is 6.20 Å². The van der Waals surface area contributed by atoms with E-state index in [0.29, 0.717) is 11.3 Å². The van der Waals surface area contributed by atoms with Gasteiger partial charge in [-0.05, 0) is 35.2 Å². The second kappa shape index (κ2) is 8.21. The van der Waals surface area contributed by atoms with Crippen LogP contribution in [0.15, 0.2) is 60.8 Å². The van der Waals surface area contributed by atoms with E-state index in [1.165, 1.54) is 5.56 Å². The Morgan fingerprint density at radius 1 is 0.964 bits per heavy atom. The molecule has 144 valence electrons. The van der Waals surface area contributed by atoms with E-state index in [4.69, 9.17) is 0 Å². The van der Waals surface area contributed by atoms with Gasteiger partial charge < -0.3 is 10.6 Å². The molecule has 0 bridgehead atoms. The summed E-state index contributed by atoms with van der Waals surface area (Å²) in [6.07, 6.45) is 1.89. The molecule has 5 heteroatoms. The number of hydrogen-bond donors (Lipinski definition) is 2. The van der Waals surface area contributed by atoms with Crippen molar-refractivity contribution >= 4 is 28.4 Å². The van der Waals surface area contributed by atoms with Crippen molar-refractivity contribution in [2.45, 2.75) is 32.6 Å². The van der Waals surface area contributed by atoms with Crippen molar-refractivity contribution in [1.29, 1.82) is 0 Å². The van der Waals surface area contributed by atoms with E-state index in [0.717, 1.165) is 10.9 Å². The van der Waals surface area contributed by atoms with Gasteiger partial charge in [0, 0.05) is 30.1 Å². The minimum Gasteiger partial charge on any atom is -0.352 e. The highest BCUT2D eigenvalue weighted by Crippen LogP contribution is 2.22. The van der Waals surface area contributed by atoms with Gasteiger partial charge in [0.25, 0.3) is 5.91 Å². The quantitative estimate of drug-likeness (QED) is 0.699. The van der Waals surface area contributed by atoms with Crippen LogP contribution < -0.4 is 10.6 Å². The van der Waals surface area contributed by atoms with Gasteiger partial charge in [-0.25, -0.2) is 0 Å². The first-order chi connectivity index (χ1) is 13.3. The highest BCUT2D eigenvalue weighted by Gasteiger charge is 2.14. The number of rotatable bonds is 5. The van der Waals surface area contributed by atoms with Gasteiger partial charge >= 0.3 is 0 Å². The second-order valence-electron chi connectivity index (χ2n) is 7.76. The molecule has 2 amide bonds. The van der Waals surface area contributed by atoms with Gasteiger partial charge in [-0.15, -0.1) is 0 Å². The summed E-state index contributed by atoms with van der Waals surface area (Å²) < 4.78 is 0. The second-order valence-corrected chi connectivity index (χ2v) is 7.76. The molecule has 0 aliphatic rings. The first kappa shape index (κ1) is 19.5. The lowest BCUT2D eigenvalue weighted by Crippen LogP contribution is -2.27. The number of pyridine rings is 1. The largest absolute Gasteiger partial charge is 0.352 e. The van der Waals surface area contributed by atoms with E-state index in [2.05, 4.69) is 36.4 Å². The fraction of sp³-hybridized carbons (Fsp3) is 0.261. The highest BCUT2D eigenvalue weighted by molar-refractivity contribution is 6.00. The number of carbonyl (C=O) groups excluding carboxylic acids is 2. The Balaban J connectivity index is 1.53. The number of carbonyl (C=O) groups is 2. The zero-order valence-corrected chi connectivity index (χ0v) is 16.5. The molecule has 28 heavy (non-hydrogen) atoms. The van der Waals surface area contributed by atoms with Crippen LogP contribution in [0.2, 0.25) is 0 Å². The molecule has 0 unspecified atom stereocenters. The normalized spacial score (nSPS) is 11.2. The number of nitrogens with zero attached hydrogens (tertiary/aromatic N) is 1. The Morgan fingerprint density at radius 2 is 1.68 bits per heavy atom. The minimum atomic E-state index is -0.180. The molecule has 2 aromatic carbocycles. The van der Waals surface area contributed by atoms with Crippen LogP contribution in [-0.2, 0) is 10.2 Å². The Morgan fingerprint density at radius 3 is 2.39 bits per heavy atom. The monoisotopic (exact) mass is 375 g/mol. The molecule has 0 atom stereocenters. The van der Waals surface area contributed by atoms with Crippen molar-refractivity contribution in [3.63, 3.8) is 0 Å². The predicted molar refractivity (Wildman–Crippen MR) is 112 cm³/mol. The molecule has 0 saturated heterocycles. The van der Waals surface area contributed by atoms with Crippen LogP contribution >= 0.6 is 0 Å². The Hall–Kier alpha value is -3.21. The van der Waals surface area contributed by atoms with E-state index in [9.17, 15) is 9.59 Å². The number of anilines is 1. The van der Waals surface area contributed by atoms with E-state index < -0.39 is 0 Å². The molecule has 3 aromatic rings. The average molecular weight is 375 g/mol. The van der Waals surface area contributed by atoms with Gasteiger partial charge in [-0.1, -0.05) is 51.1 Å². The molecular formula is C23H25N3O2. The Bertz CT molecular complexity index is 983. The van der Waals surface area contributed by atoms with Gasteiger partial charge in [0.05, 0.1) is 11.2 Å². The van der Waals surface area contributed by atoms with Crippen LogP contribution in [0.3, 0.4) is 0 Å². The maximum atomic E-state index is 12.3. The number of nitrogens with one attached hydrogen (secondary N) is 2. The molecule has 1 heterocycles. The Kier molecular flexibility index (Phi) is 5.73. The van der Waals surface area contributed by atoms with Crippen LogP contribution in [0.4, 0.5) is 5.69 Å². The van der Waals surface area contributed by atoms with Gasteiger partial charge in [-0.3, -0.25) is 14.6 Å². The summed E-state index contributed by atoms with van der Waals surface area (Å²) in [5.74, 6) is -0.346. The lowest BCUT2D eigenvalue weighted by Gasteiger charge is -2.19. The fourth-order valence-electron chi connectivity index (χ4n) is 2.93. The summed E-state index contributed by atoms with van der Waals surface area (Å²) in [5.41, 5.74) is 3.23. The number of aromatic nitrogens is 1. The average Bonchev–Trinajstić information content (AvgIpc) is 2.67. The van der Waals surface area contributed by atoms with Gasteiger partial charge in [0.1, 0.15) is 0 Å². The third-order valence-electron chi connectivity index (χ3n) is 4.56. The van der Waals surface area contributed by atoms with Crippen molar-refractivity contribution in [3.8, 4) is 0 Å². The zero-order chi connectivity index (χ0) is 20.1. The lowest BCUT2D eigenvalue weighted by atomic mass is 9.87. The van der Waals surface area contributed by atoms with Crippen molar-refractivity contribution < 1.29 is 9.59 Å². The molecule has 0 saturated carbocycles. The van der Waals surface area contributed by atoms with E-state index >= 15 is 0 Å². The number of amides is 2. The predicted octanol–water partition coefficient (Wildman–Crippen LogP) is 4.29. The van der Waals surface area contributed by atoms with Crippen molar-refractivity contribution in [2.24, 2.45) is 0 Å². The lowest BCUT2D eigenvalue weighted by molar-refractivity contribution is -0.116. The maximum Gasteiger partial charge on any atom is 0.251 e. The van der Waals surface area contributed by atoms with Crippen LogP contribution in [0.5, 0.6) is 0 Å². The number of benzene rings is 2. The first-order valence-corrected chi connectivity index (χ1v) is 9.37. The summed E-state index contributed by atoms with van der Waals surface area (Å²) in [7, 11) is 0. The van der Waals surface area contributed by atoms with E-state index in [1.807, 2.05) is 54.6 Å². The van der Waals surface area contributed by atoms with Crippen LogP contribution in [0, 0.1) is 0 Å². The molecule has 0 aliphatic carbocycles. The molecule has 0 radical (unpaired) electrons. The number of fused-ring (bicyclic) bond motifs is 1. The first-order valence-electron chi connectivity index (χ1n) is 9.37. The van der Waals surface area contributed by atoms with Crippen molar-refractivity contribution in [1.82, 2.24) is 10.3 Å². The number of para-hydroxylation sites is 1. The molecule has 3 rings (SSSR count). The number of hydrogen-bond acceptors (Lipinski definition) is 3. The minimum absolute atomic E-state index is 0.0452. The summed E-state index contributed by atoms with van der Waals surface area (Å²) in [6.45, 7) is 6.66. The summed E-state index contributed by atoms with van der Waals surface area (Å²) in [4.78, 5) is 28.8. The standard InChI is InChI=1S/C23H25N3O2/c1-23(2,3)18-11-9-17(10-12-18)22(28)25-15-13-20(27)26-19-8-4-6-16-7-5-14-24-21(16)19/h4-12,14H,13,15H2,1-3H3,(H,25,28)(H,26,27). The van der Waals surface area contributed by atoms with Crippen LogP contribution in [0.25, 0.3) is 10.9 Å².